The molecule has 0 aliphatic carbocycles. The van der Waals surface area contributed by atoms with Crippen molar-refractivity contribution in [2.75, 3.05) is 0 Å². The van der Waals surface area contributed by atoms with Gasteiger partial charge in [0, 0.05) is 0 Å². The molecule has 6 rings (SSSR count). The molecule has 0 N–H and O–H groups in total. The Bertz CT molecular complexity index is 1820. The Morgan fingerprint density at radius 1 is 0.556 bits per heavy atom. The van der Waals surface area contributed by atoms with E-state index in [-0.39, 0.29) is 30.2 Å². The first kappa shape index (κ1) is 39.0. The number of benzene rings is 4. The number of fused-ring (bicyclic) bond motifs is 2. The van der Waals surface area contributed by atoms with Crippen molar-refractivity contribution in [2.24, 2.45) is 0 Å². The van der Waals surface area contributed by atoms with Crippen molar-refractivity contribution in [3.05, 3.63) is 130 Å². The molecule has 0 aromatic heterocycles. The first-order chi connectivity index (χ1) is 20.6. The molecule has 0 atom stereocenters. The van der Waals surface area contributed by atoms with Gasteiger partial charge in [0.25, 0.3) is 0 Å². The Hall–Kier alpha value is -2.22. The van der Waals surface area contributed by atoms with Crippen LogP contribution in [-0.2, 0) is 42.6 Å². The summed E-state index contributed by atoms with van der Waals surface area (Å²) in [4.78, 5) is 0. The van der Waals surface area contributed by atoms with Crippen LogP contribution in [0.3, 0.4) is 0 Å². The van der Waals surface area contributed by atoms with Crippen LogP contribution >= 0.6 is 0 Å². The number of hydrogen-bond acceptors (Lipinski definition) is 0. The van der Waals surface area contributed by atoms with E-state index in [0.29, 0.717) is 0 Å². The summed E-state index contributed by atoms with van der Waals surface area (Å²) in [5.41, 5.74) is 13.8. The van der Waals surface area contributed by atoms with Crippen molar-refractivity contribution in [3.63, 3.8) is 0 Å². The minimum atomic E-state index is 0. The number of hydrogen-bond donors (Lipinski definition) is 0. The average Bonchev–Trinajstić information content (AvgIpc) is 3.63. The maximum atomic E-state index is 2.35. The first-order valence-corrected chi connectivity index (χ1v) is 21.9. The predicted octanol–water partition coefficient (Wildman–Crippen LogP) is 5.86. The summed E-state index contributed by atoms with van der Waals surface area (Å²) in [5, 5.41) is 5.56. The van der Waals surface area contributed by atoms with Crippen LogP contribution in [0, 0.1) is 20.8 Å². The van der Waals surface area contributed by atoms with Crippen LogP contribution in [0.1, 0.15) is 54.2 Å². The van der Waals surface area contributed by atoms with Gasteiger partial charge >= 0.3 is 41.9 Å². The van der Waals surface area contributed by atoms with E-state index >= 15 is 0 Å². The quantitative estimate of drug-likeness (QED) is 0.154. The minimum absolute atomic E-state index is 0. The van der Waals surface area contributed by atoms with Gasteiger partial charge in [-0.3, -0.25) is 0 Å². The van der Waals surface area contributed by atoms with Crippen LogP contribution in [0.2, 0.25) is 13.1 Å². The maximum absolute atomic E-state index is 2.35. The van der Waals surface area contributed by atoms with Crippen LogP contribution in [0.15, 0.2) is 97.1 Å². The number of halogens is 2. The van der Waals surface area contributed by atoms with E-state index < -0.39 is 0 Å². The van der Waals surface area contributed by atoms with Crippen LogP contribution in [0.5, 0.6) is 0 Å². The van der Waals surface area contributed by atoms with Crippen molar-refractivity contribution in [2.45, 2.75) is 73.9 Å². The minimum Gasteiger partial charge on any atom is -1.00 e. The Morgan fingerprint density at radius 2 is 0.956 bits per heavy atom. The third-order valence-electron chi connectivity index (χ3n) is 8.17. The van der Waals surface area contributed by atoms with Gasteiger partial charge in [0.15, 0.2) is 0 Å². The van der Waals surface area contributed by atoms with Crippen LogP contribution < -0.4 is 24.8 Å². The fourth-order valence-electron chi connectivity index (χ4n) is 5.64. The molecule has 0 saturated heterocycles. The summed E-state index contributed by atoms with van der Waals surface area (Å²) in [7, 11) is 0. The van der Waals surface area contributed by atoms with E-state index in [4.69, 9.17) is 0 Å². The molecule has 0 saturated carbocycles. The number of rotatable bonds is 5. The predicted molar refractivity (Wildman–Crippen MR) is 190 cm³/mol. The second kappa shape index (κ2) is 18.2. The molecule has 0 aliphatic rings. The van der Waals surface area contributed by atoms with Gasteiger partial charge in [0.05, 0.1) is 0 Å². The zero-order chi connectivity index (χ0) is 31.1. The van der Waals surface area contributed by atoms with Crippen LogP contribution in [0.4, 0.5) is 0 Å². The molecule has 0 fully saturated rings. The Kier molecular flexibility index (Phi) is 15.8. The Morgan fingerprint density at radius 3 is 1.36 bits per heavy atom. The Balaban J connectivity index is 0.000000270. The van der Waals surface area contributed by atoms with Gasteiger partial charge in [-0.2, -0.15) is 12.1 Å². The molecule has 0 radical (unpaired) electrons. The second-order valence-electron chi connectivity index (χ2n) is 11.9. The van der Waals surface area contributed by atoms with Crippen LogP contribution in [-0.4, -0.2) is 5.43 Å². The largest absolute Gasteiger partial charge is 1.00 e. The van der Waals surface area contributed by atoms with E-state index in [1.807, 2.05) is 0 Å². The summed E-state index contributed by atoms with van der Waals surface area (Å²) in [6, 6.07) is 36.2. The summed E-state index contributed by atoms with van der Waals surface area (Å²) < 4.78 is 0. The molecule has 0 aliphatic heterocycles. The molecule has 45 heavy (non-hydrogen) atoms. The molecule has 6 aromatic carbocycles. The maximum Gasteiger partial charge on any atom is -1.00 e. The Labute approximate surface area is 299 Å². The fourth-order valence-corrected chi connectivity index (χ4v) is 5.64. The van der Waals surface area contributed by atoms with Crippen molar-refractivity contribution >= 4 is 27.0 Å². The third kappa shape index (κ3) is 9.89. The SMILES string of the molecule is CCc1ccc(-c2ccc(C)c3[cH-]c(C)cc23)cc1.CCc1ccc(-c2ccc(C)c3[cH-]c(CC)cc23)cc1.C[Si](C)=[Zr+2].[Cl-].[Cl-]. The topological polar surface area (TPSA) is 0 Å². The smallest absolute Gasteiger partial charge is 1.00 e. The summed E-state index contributed by atoms with van der Waals surface area (Å²) in [6.45, 7) is 17.8. The third-order valence-corrected chi connectivity index (χ3v) is 8.17. The molecular formula is C41H46Cl2SiZr-2. The van der Waals surface area contributed by atoms with Crippen molar-refractivity contribution in [1.29, 1.82) is 0 Å². The molecule has 0 spiro atoms. The van der Waals surface area contributed by atoms with E-state index in [1.54, 1.807) is 23.3 Å². The van der Waals surface area contributed by atoms with Gasteiger partial charge in [-0.25, -0.2) is 0 Å². The summed E-state index contributed by atoms with van der Waals surface area (Å²) in [6.07, 6.45) is 3.29. The van der Waals surface area contributed by atoms with Crippen molar-refractivity contribution in [3.8, 4) is 22.3 Å². The monoisotopic (exact) mass is 726 g/mol. The fraction of sp³-hybridized carbons (Fsp3) is 0.268. The standard InChI is InChI=1S/C20H21.C19H19.C2H6Si.2ClH.Zr/c1-4-15-7-9-17(10-8-15)18-11-6-14(3)19-12-16(5-2)13-20(18)19;1-4-15-6-8-16(9-7-15)17-10-5-14(3)18-11-13(2)12-19(17)18;1-3-2;;;/h6-13H,4-5H2,1-3H3;5-12H,4H2,1-3H3;1-2H3;2*1H;/q2*-1;;;;+2/p-2. The molecule has 0 unspecified atom stereocenters. The molecular weight excluding hydrogens is 683 g/mol. The normalized spacial score (nSPS) is 10.3. The van der Waals surface area contributed by atoms with E-state index in [1.165, 1.54) is 77.2 Å². The molecule has 0 bridgehead atoms. The van der Waals surface area contributed by atoms with E-state index in [0.717, 1.165) is 19.3 Å². The molecule has 0 heterocycles. The summed E-state index contributed by atoms with van der Waals surface area (Å²) >= 11 is 1.74. The van der Waals surface area contributed by atoms with E-state index in [2.05, 4.69) is 152 Å². The van der Waals surface area contributed by atoms with Gasteiger partial charge in [0.2, 0.25) is 0 Å². The van der Waals surface area contributed by atoms with Gasteiger partial charge in [-0.1, -0.05) is 113 Å². The number of aryl methyl sites for hydroxylation is 6. The van der Waals surface area contributed by atoms with Crippen LogP contribution in [0.25, 0.3) is 43.8 Å². The average molecular weight is 729 g/mol. The van der Waals surface area contributed by atoms with Crippen molar-refractivity contribution < 1.29 is 48.1 Å². The van der Waals surface area contributed by atoms with Gasteiger partial charge in [-0.05, 0) is 41.5 Å². The first-order valence-electron chi connectivity index (χ1n) is 15.7. The zero-order valence-electron chi connectivity index (χ0n) is 28.1. The molecule has 6 aromatic rings. The van der Waals surface area contributed by atoms with Gasteiger partial charge in [0.1, 0.15) is 0 Å². The van der Waals surface area contributed by atoms with Gasteiger partial charge < -0.3 is 24.8 Å². The van der Waals surface area contributed by atoms with Crippen molar-refractivity contribution in [1.82, 2.24) is 0 Å². The summed E-state index contributed by atoms with van der Waals surface area (Å²) in [5.74, 6) is 0. The molecule has 4 heteroatoms. The zero-order valence-corrected chi connectivity index (χ0v) is 33.1. The van der Waals surface area contributed by atoms with Gasteiger partial charge in [-0.15, -0.1) is 68.1 Å². The molecule has 234 valence electrons. The van der Waals surface area contributed by atoms with E-state index in [9.17, 15) is 0 Å². The molecule has 0 amide bonds. The second-order valence-corrected chi connectivity index (χ2v) is 21.2. The molecule has 0 nitrogen and oxygen atoms in total.